The van der Waals surface area contributed by atoms with Gasteiger partial charge in [0.1, 0.15) is 11.4 Å². The van der Waals surface area contributed by atoms with Gasteiger partial charge in [0.05, 0.1) is 4.92 Å². The fraction of sp³-hybridized carbons (Fsp3) is 0.235. The molecule has 1 amide bonds. The number of rotatable bonds is 6. The lowest BCUT2D eigenvalue weighted by atomic mass is 10.1. The van der Waals surface area contributed by atoms with E-state index >= 15 is 0 Å². The molecule has 2 N–H and O–H groups in total. The van der Waals surface area contributed by atoms with Crippen LogP contribution in [0.1, 0.15) is 38.9 Å². The van der Waals surface area contributed by atoms with Gasteiger partial charge in [-0.15, -0.1) is 0 Å². The number of nitrogens with zero attached hydrogens (tertiary/aromatic N) is 1. The van der Waals surface area contributed by atoms with E-state index < -0.39 is 23.4 Å². The summed E-state index contributed by atoms with van der Waals surface area (Å²) < 4.78 is 4.85. The van der Waals surface area contributed by atoms with Gasteiger partial charge < -0.3 is 15.0 Å². The number of aromatic nitrogens is 1. The number of hydrogen-bond donors (Lipinski definition) is 2. The van der Waals surface area contributed by atoms with E-state index in [0.717, 1.165) is 5.56 Å². The third kappa shape index (κ3) is 4.32. The van der Waals surface area contributed by atoms with Crippen molar-refractivity contribution < 1.29 is 24.0 Å². The van der Waals surface area contributed by atoms with Crippen molar-refractivity contribution in [2.75, 3.05) is 11.9 Å². The highest BCUT2D eigenvalue weighted by atomic mass is 16.6. The van der Waals surface area contributed by atoms with Crippen LogP contribution in [0.4, 0.5) is 11.4 Å². The highest BCUT2D eigenvalue weighted by Crippen LogP contribution is 2.27. The van der Waals surface area contributed by atoms with Gasteiger partial charge in [0.15, 0.2) is 12.4 Å². The predicted octanol–water partition coefficient (Wildman–Crippen LogP) is 2.54. The Morgan fingerprint density at radius 2 is 1.85 bits per heavy atom. The Morgan fingerprint density at radius 1 is 1.19 bits per heavy atom. The molecule has 0 saturated heterocycles. The lowest BCUT2D eigenvalue weighted by Crippen LogP contribution is -2.21. The maximum atomic E-state index is 12.0. The highest BCUT2D eigenvalue weighted by Gasteiger charge is 2.19. The van der Waals surface area contributed by atoms with E-state index in [9.17, 15) is 24.5 Å². The van der Waals surface area contributed by atoms with Gasteiger partial charge in [-0.1, -0.05) is 0 Å². The predicted molar refractivity (Wildman–Crippen MR) is 92.3 cm³/mol. The van der Waals surface area contributed by atoms with Crippen LogP contribution in [0.15, 0.2) is 24.4 Å². The van der Waals surface area contributed by atoms with E-state index in [1.165, 1.54) is 31.3 Å². The normalized spacial score (nSPS) is 10.3. The minimum absolute atomic E-state index is 0.0258. The summed E-state index contributed by atoms with van der Waals surface area (Å²) in [4.78, 5) is 48.1. The number of hydrogen-bond acceptors (Lipinski definition) is 6. The molecule has 0 bridgehead atoms. The number of anilines is 1. The highest BCUT2D eigenvalue weighted by molar-refractivity contribution is 5.99. The first kappa shape index (κ1) is 18.8. The molecule has 2 rings (SSSR count). The molecule has 0 fully saturated rings. The minimum Gasteiger partial charge on any atom is -0.451 e. The Labute approximate surface area is 148 Å². The average Bonchev–Trinajstić information content (AvgIpc) is 3.06. The van der Waals surface area contributed by atoms with Crippen LogP contribution >= 0.6 is 0 Å². The molecule has 0 radical (unpaired) electrons. The van der Waals surface area contributed by atoms with Crippen molar-refractivity contribution in [2.45, 2.75) is 20.8 Å². The SMILES string of the molecule is CC(=O)c1c[nH]c(C(=O)OCC(=O)Nc2cc(C)c(C)cc2[N+](=O)[O-])c1. The number of amides is 1. The van der Waals surface area contributed by atoms with Crippen molar-refractivity contribution in [1.82, 2.24) is 4.98 Å². The van der Waals surface area contributed by atoms with Gasteiger partial charge in [0.25, 0.3) is 11.6 Å². The quantitative estimate of drug-likeness (QED) is 0.353. The molecule has 26 heavy (non-hydrogen) atoms. The lowest BCUT2D eigenvalue weighted by Gasteiger charge is -2.09. The molecule has 0 spiro atoms. The molecule has 0 unspecified atom stereocenters. The number of carbonyl (C=O) groups excluding carboxylic acids is 3. The van der Waals surface area contributed by atoms with Crippen LogP contribution in [0.5, 0.6) is 0 Å². The number of aromatic amines is 1. The second kappa shape index (κ2) is 7.60. The third-order valence-electron chi connectivity index (χ3n) is 3.73. The first-order valence-corrected chi connectivity index (χ1v) is 7.61. The van der Waals surface area contributed by atoms with E-state index in [4.69, 9.17) is 4.74 Å². The summed E-state index contributed by atoms with van der Waals surface area (Å²) in [6, 6.07) is 4.16. The summed E-state index contributed by atoms with van der Waals surface area (Å²) in [5.41, 5.74) is 1.61. The van der Waals surface area contributed by atoms with Crippen LogP contribution in [-0.2, 0) is 9.53 Å². The van der Waals surface area contributed by atoms with Crippen LogP contribution in [0, 0.1) is 24.0 Å². The number of nitro groups is 1. The second-order valence-corrected chi connectivity index (χ2v) is 5.69. The number of ketones is 1. The van der Waals surface area contributed by atoms with Gasteiger partial charge in [0, 0.05) is 17.8 Å². The largest absolute Gasteiger partial charge is 0.451 e. The maximum Gasteiger partial charge on any atom is 0.355 e. The zero-order valence-corrected chi connectivity index (χ0v) is 14.4. The van der Waals surface area contributed by atoms with Crippen LogP contribution in [0.25, 0.3) is 0 Å². The number of nitrogens with one attached hydrogen (secondary N) is 2. The topological polar surface area (TPSA) is 131 Å². The van der Waals surface area contributed by atoms with E-state index in [1.807, 2.05) is 0 Å². The van der Waals surface area contributed by atoms with Gasteiger partial charge in [-0.2, -0.15) is 0 Å². The van der Waals surface area contributed by atoms with Crippen molar-refractivity contribution in [1.29, 1.82) is 0 Å². The van der Waals surface area contributed by atoms with Gasteiger partial charge in [-0.05, 0) is 44.0 Å². The molecule has 0 aliphatic carbocycles. The maximum absolute atomic E-state index is 12.0. The van der Waals surface area contributed by atoms with Crippen molar-refractivity contribution in [3.8, 4) is 0 Å². The summed E-state index contributed by atoms with van der Waals surface area (Å²) in [5.74, 6) is -1.76. The molecule has 0 saturated carbocycles. The smallest absolute Gasteiger partial charge is 0.355 e. The number of Topliss-reactive ketones (excluding diaryl/α,β-unsaturated/α-hetero) is 1. The number of H-pyrrole nitrogens is 1. The lowest BCUT2D eigenvalue weighted by molar-refractivity contribution is -0.384. The first-order valence-electron chi connectivity index (χ1n) is 7.61. The Hall–Kier alpha value is -3.49. The van der Waals surface area contributed by atoms with Crippen molar-refractivity contribution in [2.24, 2.45) is 0 Å². The molecule has 9 heteroatoms. The summed E-state index contributed by atoms with van der Waals surface area (Å²) in [6.45, 7) is 4.20. The number of aryl methyl sites for hydroxylation is 2. The molecular formula is C17H17N3O6. The van der Waals surface area contributed by atoms with Crippen LogP contribution in [0.2, 0.25) is 0 Å². The molecule has 0 aliphatic heterocycles. The molecule has 136 valence electrons. The number of carbonyl (C=O) groups is 3. The van der Waals surface area contributed by atoms with E-state index in [2.05, 4.69) is 10.3 Å². The average molecular weight is 359 g/mol. The third-order valence-corrected chi connectivity index (χ3v) is 3.73. The van der Waals surface area contributed by atoms with Gasteiger partial charge in [-0.25, -0.2) is 4.79 Å². The zero-order chi connectivity index (χ0) is 19.4. The number of nitro benzene ring substituents is 1. The fourth-order valence-corrected chi connectivity index (χ4v) is 2.16. The number of ether oxygens (including phenoxy) is 1. The zero-order valence-electron chi connectivity index (χ0n) is 14.4. The first-order chi connectivity index (χ1) is 12.2. The van der Waals surface area contributed by atoms with E-state index in [0.29, 0.717) is 11.1 Å². The summed E-state index contributed by atoms with van der Waals surface area (Å²) in [5, 5.41) is 13.5. The van der Waals surface area contributed by atoms with Crippen LogP contribution in [-0.4, -0.2) is 34.2 Å². The number of esters is 1. The van der Waals surface area contributed by atoms with E-state index in [-0.39, 0.29) is 22.9 Å². The van der Waals surface area contributed by atoms with E-state index in [1.54, 1.807) is 13.8 Å². The molecule has 9 nitrogen and oxygen atoms in total. The van der Waals surface area contributed by atoms with Gasteiger partial charge >= 0.3 is 5.97 Å². The Kier molecular flexibility index (Phi) is 5.51. The monoisotopic (exact) mass is 359 g/mol. The van der Waals surface area contributed by atoms with Crippen LogP contribution < -0.4 is 5.32 Å². The standard InChI is InChI=1S/C17H17N3O6/c1-9-4-13(15(20(24)25)5-10(9)2)19-16(22)8-26-17(23)14-6-12(7-18-14)11(3)21/h4-7,18H,8H2,1-3H3,(H,19,22). The van der Waals surface area contributed by atoms with Crippen LogP contribution in [0.3, 0.4) is 0 Å². The fourth-order valence-electron chi connectivity index (χ4n) is 2.16. The van der Waals surface area contributed by atoms with Gasteiger partial charge in [-0.3, -0.25) is 19.7 Å². The molecule has 1 aromatic heterocycles. The minimum atomic E-state index is -0.817. The van der Waals surface area contributed by atoms with Crippen molar-refractivity contribution in [3.05, 3.63) is 56.9 Å². The summed E-state index contributed by atoms with van der Waals surface area (Å²) >= 11 is 0. The Morgan fingerprint density at radius 3 is 2.42 bits per heavy atom. The molecule has 0 aliphatic rings. The Balaban J connectivity index is 2.02. The molecule has 1 heterocycles. The van der Waals surface area contributed by atoms with Crippen molar-refractivity contribution in [3.63, 3.8) is 0 Å². The molecular weight excluding hydrogens is 342 g/mol. The number of benzene rings is 1. The Bertz CT molecular complexity index is 900. The van der Waals surface area contributed by atoms with Gasteiger partial charge in [0.2, 0.25) is 0 Å². The molecule has 2 aromatic rings. The summed E-state index contributed by atoms with van der Waals surface area (Å²) in [6.07, 6.45) is 1.36. The molecule has 0 atom stereocenters. The molecule has 1 aromatic carbocycles. The summed E-state index contributed by atoms with van der Waals surface area (Å²) in [7, 11) is 0. The van der Waals surface area contributed by atoms with Crippen molar-refractivity contribution >= 4 is 29.0 Å². The second-order valence-electron chi connectivity index (χ2n) is 5.69.